The average Bonchev–Trinajstić information content (AvgIpc) is 2.59. The minimum Gasteiger partial charge on any atom is -0.147 e. The maximum Gasteiger partial charge on any atom is 1.00 e. The first-order valence-electron chi connectivity index (χ1n) is 7.55. The zero-order valence-corrected chi connectivity index (χ0v) is 15.0. The van der Waals surface area contributed by atoms with E-state index >= 15 is 0 Å². The van der Waals surface area contributed by atoms with Crippen LogP contribution in [0.25, 0.3) is 43.1 Å². The molecule has 0 aromatic heterocycles. The molecule has 102 valence electrons. The van der Waals surface area contributed by atoms with Gasteiger partial charge in [0.2, 0.25) is 0 Å². The minimum absolute atomic E-state index is 0. The van der Waals surface area contributed by atoms with Crippen molar-refractivity contribution in [3.05, 3.63) is 84.9 Å². The molecule has 0 saturated heterocycles. The van der Waals surface area contributed by atoms with E-state index < -0.39 is 0 Å². The number of rotatable bonds is 0. The molecule has 0 aliphatic heterocycles. The van der Waals surface area contributed by atoms with Gasteiger partial charge >= 0.3 is 29.6 Å². The van der Waals surface area contributed by atoms with Crippen LogP contribution in [0.2, 0.25) is 0 Å². The van der Waals surface area contributed by atoms with Crippen LogP contribution in [-0.4, -0.2) is 0 Å². The van der Waals surface area contributed by atoms with Crippen LogP contribution in [0.15, 0.2) is 78.9 Å². The molecular formula is C22H13Na. The number of hydrogen-bond acceptors (Lipinski definition) is 0. The molecule has 0 atom stereocenters. The van der Waals surface area contributed by atoms with Gasteiger partial charge in [-0.1, -0.05) is 47.9 Å². The van der Waals surface area contributed by atoms with E-state index in [9.17, 15) is 0 Å². The molecular weight excluding hydrogens is 287 g/mol. The molecule has 0 aliphatic rings. The number of fused-ring (bicyclic) bond motifs is 6. The fourth-order valence-corrected chi connectivity index (χ4v) is 3.44. The molecule has 23 heavy (non-hydrogen) atoms. The molecule has 0 unspecified atom stereocenters. The summed E-state index contributed by atoms with van der Waals surface area (Å²) in [6.45, 7) is 0. The summed E-state index contributed by atoms with van der Waals surface area (Å²) in [5, 5.41) is 10.3. The smallest absolute Gasteiger partial charge is 0.147 e. The first-order chi connectivity index (χ1) is 10.9. The van der Waals surface area contributed by atoms with Gasteiger partial charge in [-0.15, -0.1) is 41.1 Å². The summed E-state index contributed by atoms with van der Waals surface area (Å²) in [6, 6.07) is 31.6. The van der Waals surface area contributed by atoms with Crippen molar-refractivity contribution in [1.29, 1.82) is 0 Å². The maximum atomic E-state index is 3.32. The van der Waals surface area contributed by atoms with Crippen LogP contribution in [0.5, 0.6) is 0 Å². The van der Waals surface area contributed by atoms with E-state index in [-0.39, 0.29) is 29.6 Å². The summed E-state index contributed by atoms with van der Waals surface area (Å²) in [7, 11) is 0. The third kappa shape index (κ3) is 2.26. The largest absolute Gasteiger partial charge is 1.00 e. The van der Waals surface area contributed by atoms with Crippen molar-refractivity contribution >= 4 is 43.1 Å². The number of benzene rings is 5. The predicted molar refractivity (Wildman–Crippen MR) is 95.3 cm³/mol. The van der Waals surface area contributed by atoms with Gasteiger partial charge in [0.25, 0.3) is 0 Å². The van der Waals surface area contributed by atoms with E-state index in [2.05, 4.69) is 78.9 Å². The Morgan fingerprint density at radius 2 is 1.26 bits per heavy atom. The molecule has 0 heterocycles. The van der Waals surface area contributed by atoms with Gasteiger partial charge in [-0.05, 0) is 39.1 Å². The second kappa shape index (κ2) is 5.65. The fraction of sp³-hybridized carbons (Fsp3) is 0. The van der Waals surface area contributed by atoms with Crippen LogP contribution < -0.4 is 29.6 Å². The van der Waals surface area contributed by atoms with E-state index in [1.54, 1.807) is 0 Å². The zero-order chi connectivity index (χ0) is 14.5. The molecule has 0 bridgehead atoms. The molecule has 5 aromatic carbocycles. The Morgan fingerprint density at radius 3 is 2.13 bits per heavy atom. The van der Waals surface area contributed by atoms with Gasteiger partial charge in [0.05, 0.1) is 0 Å². The molecule has 0 aliphatic carbocycles. The topological polar surface area (TPSA) is 0 Å². The van der Waals surface area contributed by atoms with Crippen LogP contribution in [-0.2, 0) is 0 Å². The van der Waals surface area contributed by atoms with Crippen LogP contribution in [0.1, 0.15) is 0 Å². The average molecular weight is 300 g/mol. The van der Waals surface area contributed by atoms with Gasteiger partial charge in [0.15, 0.2) is 0 Å². The monoisotopic (exact) mass is 300 g/mol. The third-order valence-electron chi connectivity index (χ3n) is 4.52. The fourth-order valence-electron chi connectivity index (χ4n) is 3.44. The Bertz CT molecular complexity index is 1170. The van der Waals surface area contributed by atoms with Crippen molar-refractivity contribution in [3.63, 3.8) is 0 Å². The summed E-state index contributed by atoms with van der Waals surface area (Å²) >= 11 is 0. The van der Waals surface area contributed by atoms with Gasteiger partial charge < -0.3 is 0 Å². The van der Waals surface area contributed by atoms with Gasteiger partial charge in [-0.3, -0.25) is 0 Å². The minimum atomic E-state index is 0. The quantitative estimate of drug-likeness (QED) is 0.178. The summed E-state index contributed by atoms with van der Waals surface area (Å²) in [5.41, 5.74) is 0. The molecule has 1 heteroatoms. The van der Waals surface area contributed by atoms with E-state index in [1.165, 1.54) is 43.1 Å². The standard InChI is InChI=1S/C22H13.Na/c1-2-7-17-14-22-18(13-16(17)6-1)10-12-20-19-8-4-3-5-15(19)9-11-21(20)22;/h1-4,6-14H;/q-1;+1. The van der Waals surface area contributed by atoms with E-state index in [4.69, 9.17) is 0 Å². The number of hydrogen-bond donors (Lipinski definition) is 0. The zero-order valence-electron chi connectivity index (χ0n) is 13.0. The van der Waals surface area contributed by atoms with E-state index in [0.717, 1.165) is 0 Å². The van der Waals surface area contributed by atoms with Gasteiger partial charge in [0.1, 0.15) is 0 Å². The second-order valence-electron chi connectivity index (χ2n) is 5.78. The molecule has 5 rings (SSSR count). The molecule has 0 N–H and O–H groups in total. The Morgan fingerprint density at radius 1 is 0.522 bits per heavy atom. The molecule has 0 radical (unpaired) electrons. The van der Waals surface area contributed by atoms with Crippen molar-refractivity contribution in [2.75, 3.05) is 0 Å². The normalized spacial score (nSPS) is 11.1. The summed E-state index contributed by atoms with van der Waals surface area (Å²) in [5.74, 6) is 0. The second-order valence-corrected chi connectivity index (χ2v) is 5.78. The third-order valence-corrected chi connectivity index (χ3v) is 4.52. The summed E-state index contributed by atoms with van der Waals surface area (Å²) in [4.78, 5) is 0. The van der Waals surface area contributed by atoms with Gasteiger partial charge in [-0.25, -0.2) is 0 Å². The molecule has 0 saturated carbocycles. The Balaban J connectivity index is 0.00000135. The Labute approximate surface area is 157 Å². The van der Waals surface area contributed by atoms with Crippen LogP contribution in [0, 0.1) is 6.07 Å². The SMILES string of the molecule is [Na+].[c-]1cccc2c1ccc1c3cc4ccccc4cc3ccc21. The first kappa shape index (κ1) is 14.7. The molecule has 0 nitrogen and oxygen atoms in total. The van der Waals surface area contributed by atoms with Crippen molar-refractivity contribution in [2.24, 2.45) is 0 Å². The van der Waals surface area contributed by atoms with E-state index in [0.29, 0.717) is 0 Å². The van der Waals surface area contributed by atoms with E-state index in [1.807, 2.05) is 6.07 Å². The predicted octanol–water partition coefficient (Wildman–Crippen LogP) is 3.10. The summed E-state index contributed by atoms with van der Waals surface area (Å²) < 4.78 is 0. The van der Waals surface area contributed by atoms with Crippen LogP contribution in [0.3, 0.4) is 0 Å². The van der Waals surface area contributed by atoms with Gasteiger partial charge in [-0.2, -0.15) is 0 Å². The van der Waals surface area contributed by atoms with Crippen molar-refractivity contribution < 1.29 is 29.6 Å². The first-order valence-corrected chi connectivity index (χ1v) is 7.55. The van der Waals surface area contributed by atoms with Crippen LogP contribution >= 0.6 is 0 Å². The Hall–Kier alpha value is -1.86. The van der Waals surface area contributed by atoms with Crippen LogP contribution in [0.4, 0.5) is 0 Å². The van der Waals surface area contributed by atoms with Crippen molar-refractivity contribution in [2.45, 2.75) is 0 Å². The summed E-state index contributed by atoms with van der Waals surface area (Å²) in [6.07, 6.45) is 0. The molecule has 0 spiro atoms. The van der Waals surface area contributed by atoms with Gasteiger partial charge in [0, 0.05) is 0 Å². The molecule has 5 aromatic rings. The maximum absolute atomic E-state index is 3.32. The van der Waals surface area contributed by atoms with Crippen molar-refractivity contribution in [1.82, 2.24) is 0 Å². The Kier molecular flexibility index (Phi) is 3.61. The van der Waals surface area contributed by atoms with Crippen molar-refractivity contribution in [3.8, 4) is 0 Å². The molecule has 0 fully saturated rings. The molecule has 0 amide bonds.